The Balaban J connectivity index is 1.59. The molecule has 4 heterocycles. The van der Waals surface area contributed by atoms with Gasteiger partial charge < -0.3 is 14.8 Å². The summed E-state index contributed by atoms with van der Waals surface area (Å²) >= 11 is 7.65. The average molecular weight is 322 g/mol. The number of hydrogen-bond acceptors (Lipinski definition) is 7. The van der Waals surface area contributed by atoms with Crippen molar-refractivity contribution in [1.82, 2.24) is 24.9 Å². The molecule has 0 bridgehead atoms. The van der Waals surface area contributed by atoms with Crippen LogP contribution in [-0.2, 0) is 0 Å². The zero-order valence-electron chi connectivity index (χ0n) is 11.0. The molecule has 0 atom stereocenters. The SMILES string of the molecule is Clc1nc(N2CCN(c3nccs3)CC2)c2[nH]cnc2n1. The maximum atomic E-state index is 5.99. The summed E-state index contributed by atoms with van der Waals surface area (Å²) in [5.41, 5.74) is 1.44. The van der Waals surface area contributed by atoms with E-state index >= 15 is 0 Å². The predicted octanol–water partition coefficient (Wildman–Crippen LogP) is 1.79. The molecular formula is C12H12ClN7S. The van der Waals surface area contributed by atoms with E-state index < -0.39 is 0 Å². The van der Waals surface area contributed by atoms with Gasteiger partial charge in [0.15, 0.2) is 16.6 Å². The standard InChI is InChI=1S/C12H12ClN7S/c13-11-17-9-8(15-7-16-9)10(18-11)19-2-4-20(5-3-19)12-14-1-6-21-12/h1,6-7H,2-5H2,(H,15,16,17,18). The number of H-pyrrole nitrogens is 1. The molecule has 1 aliphatic heterocycles. The van der Waals surface area contributed by atoms with Crippen LogP contribution in [0.5, 0.6) is 0 Å². The quantitative estimate of drug-likeness (QED) is 0.725. The second-order valence-corrected chi connectivity index (χ2v) is 5.92. The van der Waals surface area contributed by atoms with Crippen LogP contribution in [0, 0.1) is 0 Å². The third-order valence-electron chi connectivity index (χ3n) is 3.51. The van der Waals surface area contributed by atoms with Crippen molar-refractivity contribution in [2.45, 2.75) is 0 Å². The Morgan fingerprint density at radius 3 is 2.67 bits per heavy atom. The number of imidazole rings is 1. The molecule has 0 aromatic carbocycles. The highest BCUT2D eigenvalue weighted by atomic mass is 35.5. The monoisotopic (exact) mass is 321 g/mol. The van der Waals surface area contributed by atoms with Crippen molar-refractivity contribution >= 4 is 45.1 Å². The minimum atomic E-state index is 0.229. The zero-order valence-corrected chi connectivity index (χ0v) is 12.6. The fourth-order valence-electron chi connectivity index (χ4n) is 2.50. The minimum Gasteiger partial charge on any atom is -0.351 e. The summed E-state index contributed by atoms with van der Waals surface area (Å²) in [7, 11) is 0. The normalized spacial score (nSPS) is 15.9. The third kappa shape index (κ3) is 2.30. The van der Waals surface area contributed by atoms with Crippen molar-refractivity contribution in [1.29, 1.82) is 0 Å². The van der Waals surface area contributed by atoms with Gasteiger partial charge in [0.2, 0.25) is 5.28 Å². The van der Waals surface area contributed by atoms with Crippen LogP contribution in [0.2, 0.25) is 5.28 Å². The molecule has 1 N–H and O–H groups in total. The Bertz CT molecular complexity index is 748. The second-order valence-electron chi connectivity index (χ2n) is 4.71. The van der Waals surface area contributed by atoms with Crippen LogP contribution in [0.1, 0.15) is 0 Å². The van der Waals surface area contributed by atoms with Crippen molar-refractivity contribution in [2.75, 3.05) is 36.0 Å². The smallest absolute Gasteiger partial charge is 0.226 e. The van der Waals surface area contributed by atoms with Crippen LogP contribution in [0.4, 0.5) is 10.9 Å². The number of nitrogens with zero attached hydrogens (tertiary/aromatic N) is 6. The number of thiazole rings is 1. The van der Waals surface area contributed by atoms with Crippen molar-refractivity contribution in [3.63, 3.8) is 0 Å². The summed E-state index contributed by atoms with van der Waals surface area (Å²) in [5, 5.41) is 3.30. The molecule has 3 aromatic rings. The van der Waals surface area contributed by atoms with E-state index in [1.54, 1.807) is 17.7 Å². The first-order chi connectivity index (χ1) is 10.3. The Labute approximate surface area is 129 Å². The van der Waals surface area contributed by atoms with E-state index in [9.17, 15) is 0 Å². The van der Waals surface area contributed by atoms with E-state index in [0.717, 1.165) is 42.6 Å². The molecule has 1 fully saturated rings. The molecule has 4 rings (SSSR count). The largest absolute Gasteiger partial charge is 0.351 e. The van der Waals surface area contributed by atoms with Gasteiger partial charge in [-0.15, -0.1) is 11.3 Å². The highest BCUT2D eigenvalue weighted by molar-refractivity contribution is 7.13. The number of aromatic amines is 1. The first-order valence-corrected chi connectivity index (χ1v) is 7.83. The molecular weight excluding hydrogens is 310 g/mol. The lowest BCUT2D eigenvalue weighted by Gasteiger charge is -2.35. The summed E-state index contributed by atoms with van der Waals surface area (Å²) in [6.45, 7) is 3.54. The maximum Gasteiger partial charge on any atom is 0.226 e. The van der Waals surface area contributed by atoms with Crippen molar-refractivity contribution in [2.24, 2.45) is 0 Å². The molecule has 7 nitrogen and oxygen atoms in total. The first kappa shape index (κ1) is 12.8. The Hall–Kier alpha value is -1.93. The molecule has 0 spiro atoms. The fourth-order valence-corrected chi connectivity index (χ4v) is 3.36. The predicted molar refractivity (Wildman–Crippen MR) is 83.2 cm³/mol. The highest BCUT2D eigenvalue weighted by Gasteiger charge is 2.22. The molecule has 21 heavy (non-hydrogen) atoms. The van der Waals surface area contributed by atoms with Gasteiger partial charge in [-0.1, -0.05) is 0 Å². The van der Waals surface area contributed by atoms with E-state index in [-0.39, 0.29) is 5.28 Å². The number of anilines is 2. The summed E-state index contributed by atoms with van der Waals surface area (Å²) in [4.78, 5) is 24.6. The molecule has 0 unspecified atom stereocenters. The lowest BCUT2D eigenvalue weighted by Crippen LogP contribution is -2.47. The van der Waals surface area contributed by atoms with Crippen LogP contribution < -0.4 is 9.80 Å². The minimum absolute atomic E-state index is 0.229. The van der Waals surface area contributed by atoms with Gasteiger partial charge in [0.05, 0.1) is 6.33 Å². The van der Waals surface area contributed by atoms with Crippen molar-refractivity contribution in [3.05, 3.63) is 23.2 Å². The molecule has 9 heteroatoms. The van der Waals surface area contributed by atoms with E-state index in [1.165, 1.54) is 0 Å². The molecule has 0 saturated carbocycles. The van der Waals surface area contributed by atoms with Crippen LogP contribution in [0.25, 0.3) is 11.2 Å². The Kier molecular flexibility index (Phi) is 3.12. The number of fused-ring (bicyclic) bond motifs is 1. The third-order valence-corrected chi connectivity index (χ3v) is 4.51. The fraction of sp³-hybridized carbons (Fsp3) is 0.333. The Morgan fingerprint density at radius 2 is 1.90 bits per heavy atom. The lowest BCUT2D eigenvalue weighted by atomic mass is 10.3. The zero-order chi connectivity index (χ0) is 14.2. The topological polar surface area (TPSA) is 73.8 Å². The number of rotatable bonds is 2. The molecule has 0 aliphatic carbocycles. The molecule has 1 aliphatic rings. The van der Waals surface area contributed by atoms with Gasteiger partial charge in [-0.05, 0) is 11.6 Å². The van der Waals surface area contributed by atoms with Gasteiger partial charge in [0.1, 0.15) is 5.52 Å². The molecule has 1 saturated heterocycles. The van der Waals surface area contributed by atoms with Crippen LogP contribution in [0.3, 0.4) is 0 Å². The van der Waals surface area contributed by atoms with Gasteiger partial charge in [-0.3, -0.25) is 0 Å². The number of aromatic nitrogens is 5. The second kappa shape index (κ2) is 5.12. The van der Waals surface area contributed by atoms with Crippen molar-refractivity contribution < 1.29 is 0 Å². The first-order valence-electron chi connectivity index (χ1n) is 6.57. The summed E-state index contributed by atoms with van der Waals surface area (Å²) in [6, 6.07) is 0. The van der Waals surface area contributed by atoms with E-state index in [4.69, 9.17) is 11.6 Å². The molecule has 0 radical (unpaired) electrons. The van der Waals surface area contributed by atoms with Crippen LogP contribution >= 0.6 is 22.9 Å². The number of piperazine rings is 1. The molecule has 108 valence electrons. The van der Waals surface area contributed by atoms with E-state index in [0.29, 0.717) is 5.65 Å². The van der Waals surface area contributed by atoms with E-state index in [2.05, 4.69) is 34.7 Å². The van der Waals surface area contributed by atoms with E-state index in [1.807, 2.05) is 11.6 Å². The average Bonchev–Trinajstić information content (AvgIpc) is 3.17. The van der Waals surface area contributed by atoms with Gasteiger partial charge >= 0.3 is 0 Å². The summed E-state index contributed by atoms with van der Waals surface area (Å²) in [6.07, 6.45) is 3.45. The van der Waals surface area contributed by atoms with Crippen LogP contribution in [-0.4, -0.2) is 51.1 Å². The number of nitrogens with one attached hydrogen (secondary N) is 1. The van der Waals surface area contributed by atoms with Gasteiger partial charge in [0.25, 0.3) is 0 Å². The van der Waals surface area contributed by atoms with Crippen LogP contribution in [0.15, 0.2) is 17.9 Å². The van der Waals surface area contributed by atoms with Gasteiger partial charge in [-0.25, -0.2) is 9.97 Å². The number of hydrogen-bond donors (Lipinski definition) is 1. The molecule has 0 amide bonds. The Morgan fingerprint density at radius 1 is 1.10 bits per heavy atom. The lowest BCUT2D eigenvalue weighted by molar-refractivity contribution is 0.647. The van der Waals surface area contributed by atoms with Gasteiger partial charge in [-0.2, -0.15) is 9.97 Å². The van der Waals surface area contributed by atoms with Gasteiger partial charge in [0, 0.05) is 37.8 Å². The summed E-state index contributed by atoms with van der Waals surface area (Å²) in [5.74, 6) is 0.821. The summed E-state index contributed by atoms with van der Waals surface area (Å²) < 4.78 is 0. The molecule has 3 aromatic heterocycles. The van der Waals surface area contributed by atoms with Crippen molar-refractivity contribution in [3.8, 4) is 0 Å². The maximum absolute atomic E-state index is 5.99. The highest BCUT2D eigenvalue weighted by Crippen LogP contribution is 2.25. The number of halogens is 1.